The molecule has 3 heterocycles. The van der Waals surface area contributed by atoms with E-state index in [0.29, 0.717) is 6.04 Å². The van der Waals surface area contributed by atoms with Crippen molar-refractivity contribution in [3.8, 4) is 0 Å². The van der Waals surface area contributed by atoms with Gasteiger partial charge in [0.05, 0.1) is 5.39 Å². The minimum atomic E-state index is 0.496. The van der Waals surface area contributed by atoms with Crippen LogP contribution in [0.1, 0.15) is 25.7 Å². The molecule has 5 nitrogen and oxygen atoms in total. The van der Waals surface area contributed by atoms with Crippen molar-refractivity contribution >= 4 is 55.4 Å². The van der Waals surface area contributed by atoms with Gasteiger partial charge in [-0.15, -0.1) is 0 Å². The summed E-state index contributed by atoms with van der Waals surface area (Å²) >= 11 is 5.68. The highest BCUT2D eigenvalue weighted by molar-refractivity contribution is 9.10. The number of benzene rings is 1. The standard InChI is InChI=1S/C20H24BrN5S/c21-13-1-6-17-16(11-13)18-19(22-12-23-20(18)25-17)24-14-2-4-15(5-3-14)26-7-9-27-10-8-26/h1,6,11-12,14-15H,2-5,7-10H2,(H2,22,23,24,25). The van der Waals surface area contributed by atoms with Gasteiger partial charge in [0.2, 0.25) is 0 Å². The number of aromatic amines is 1. The van der Waals surface area contributed by atoms with Crippen molar-refractivity contribution in [3.05, 3.63) is 29.0 Å². The van der Waals surface area contributed by atoms with Crippen LogP contribution in [0.3, 0.4) is 0 Å². The van der Waals surface area contributed by atoms with Gasteiger partial charge in [-0.2, -0.15) is 11.8 Å². The van der Waals surface area contributed by atoms with Crippen LogP contribution in [0.2, 0.25) is 0 Å². The summed E-state index contributed by atoms with van der Waals surface area (Å²) in [6.45, 7) is 2.54. The van der Waals surface area contributed by atoms with Gasteiger partial charge < -0.3 is 10.3 Å². The molecule has 142 valence electrons. The van der Waals surface area contributed by atoms with Gasteiger partial charge in [-0.1, -0.05) is 15.9 Å². The summed E-state index contributed by atoms with van der Waals surface area (Å²) in [7, 11) is 0. The van der Waals surface area contributed by atoms with E-state index in [1.54, 1.807) is 6.33 Å². The number of thioether (sulfide) groups is 1. The summed E-state index contributed by atoms with van der Waals surface area (Å²) in [5, 5.41) is 6.01. The highest BCUT2D eigenvalue weighted by atomic mass is 79.9. The van der Waals surface area contributed by atoms with Crippen molar-refractivity contribution in [3.63, 3.8) is 0 Å². The SMILES string of the molecule is Brc1ccc2[nH]c3ncnc(NC4CCC(N5CCSCC5)CC4)c3c2c1. The van der Waals surface area contributed by atoms with Gasteiger partial charge in [-0.3, -0.25) is 4.90 Å². The molecular weight excluding hydrogens is 422 g/mol. The molecule has 0 atom stereocenters. The third-order valence-electron chi connectivity index (χ3n) is 5.95. The fraction of sp³-hybridized carbons (Fsp3) is 0.500. The van der Waals surface area contributed by atoms with Gasteiger partial charge in [0.25, 0.3) is 0 Å². The predicted molar refractivity (Wildman–Crippen MR) is 118 cm³/mol. The smallest absolute Gasteiger partial charge is 0.143 e. The van der Waals surface area contributed by atoms with Crippen molar-refractivity contribution in [1.29, 1.82) is 0 Å². The number of H-pyrrole nitrogens is 1. The molecule has 27 heavy (non-hydrogen) atoms. The molecule has 1 aliphatic carbocycles. The van der Waals surface area contributed by atoms with Crippen molar-refractivity contribution in [1.82, 2.24) is 19.9 Å². The Kier molecular flexibility index (Phi) is 5.00. The lowest BCUT2D eigenvalue weighted by molar-refractivity contribution is 0.167. The van der Waals surface area contributed by atoms with Crippen LogP contribution in [-0.4, -0.2) is 56.5 Å². The molecule has 1 saturated heterocycles. The number of nitrogens with one attached hydrogen (secondary N) is 2. The van der Waals surface area contributed by atoms with Gasteiger partial charge in [0.15, 0.2) is 0 Å². The zero-order valence-electron chi connectivity index (χ0n) is 15.2. The van der Waals surface area contributed by atoms with Gasteiger partial charge in [-0.05, 0) is 43.9 Å². The summed E-state index contributed by atoms with van der Waals surface area (Å²) < 4.78 is 1.07. The Morgan fingerprint density at radius 2 is 1.93 bits per heavy atom. The molecule has 0 amide bonds. The fourth-order valence-corrected chi connectivity index (χ4v) is 5.82. The van der Waals surface area contributed by atoms with Crippen LogP contribution in [0.5, 0.6) is 0 Å². The minimum Gasteiger partial charge on any atom is -0.367 e. The molecule has 7 heteroatoms. The lowest BCUT2D eigenvalue weighted by atomic mass is 9.90. The van der Waals surface area contributed by atoms with Crippen LogP contribution < -0.4 is 5.32 Å². The molecule has 0 spiro atoms. The molecule has 1 aromatic carbocycles. The molecule has 2 aromatic heterocycles. The average molecular weight is 446 g/mol. The second kappa shape index (κ2) is 7.60. The Labute approximate surface area is 171 Å². The maximum atomic E-state index is 4.59. The van der Waals surface area contributed by atoms with Crippen LogP contribution in [0.25, 0.3) is 21.9 Å². The molecular formula is C20H24BrN5S. The average Bonchev–Trinajstić information content (AvgIpc) is 3.08. The van der Waals surface area contributed by atoms with E-state index in [0.717, 1.165) is 32.9 Å². The van der Waals surface area contributed by atoms with E-state index >= 15 is 0 Å². The van der Waals surface area contributed by atoms with Crippen molar-refractivity contribution in [2.45, 2.75) is 37.8 Å². The zero-order valence-corrected chi connectivity index (χ0v) is 17.7. The first-order valence-corrected chi connectivity index (χ1v) is 11.7. The van der Waals surface area contributed by atoms with E-state index in [1.807, 2.05) is 0 Å². The van der Waals surface area contributed by atoms with E-state index in [9.17, 15) is 0 Å². The fourth-order valence-electron chi connectivity index (χ4n) is 4.53. The number of nitrogens with zero attached hydrogens (tertiary/aromatic N) is 3. The molecule has 2 N–H and O–H groups in total. The second-order valence-corrected chi connectivity index (χ2v) is 9.70. The quantitative estimate of drug-likeness (QED) is 0.614. The molecule has 2 fully saturated rings. The topological polar surface area (TPSA) is 56.8 Å². The number of anilines is 1. The molecule has 0 bridgehead atoms. The normalized spacial score (nSPS) is 24.5. The molecule has 1 aliphatic heterocycles. The molecule has 2 aliphatic rings. The monoisotopic (exact) mass is 445 g/mol. The number of rotatable bonds is 3. The second-order valence-electron chi connectivity index (χ2n) is 7.56. The van der Waals surface area contributed by atoms with Gasteiger partial charge in [-0.25, -0.2) is 9.97 Å². The first-order chi connectivity index (χ1) is 13.3. The predicted octanol–water partition coefficient (Wildman–Crippen LogP) is 4.65. The Morgan fingerprint density at radius 3 is 2.74 bits per heavy atom. The summed E-state index contributed by atoms with van der Waals surface area (Å²) in [4.78, 5) is 15.2. The Hall–Kier alpha value is -1.31. The van der Waals surface area contributed by atoms with Crippen LogP contribution in [0.4, 0.5) is 5.82 Å². The maximum Gasteiger partial charge on any atom is 0.143 e. The summed E-state index contributed by atoms with van der Waals surface area (Å²) in [6.07, 6.45) is 6.66. The Bertz CT molecular complexity index is 944. The number of hydrogen-bond acceptors (Lipinski definition) is 5. The Balaban J connectivity index is 1.34. The third-order valence-corrected chi connectivity index (χ3v) is 7.39. The van der Waals surface area contributed by atoms with Crippen LogP contribution >= 0.6 is 27.7 Å². The number of aromatic nitrogens is 3. The molecule has 3 aromatic rings. The van der Waals surface area contributed by atoms with Crippen LogP contribution in [-0.2, 0) is 0 Å². The lowest BCUT2D eigenvalue weighted by Crippen LogP contribution is -2.44. The third kappa shape index (κ3) is 3.57. The van der Waals surface area contributed by atoms with Gasteiger partial charge in [0.1, 0.15) is 17.8 Å². The van der Waals surface area contributed by atoms with E-state index in [-0.39, 0.29) is 0 Å². The summed E-state index contributed by atoms with van der Waals surface area (Å²) in [5.41, 5.74) is 2.00. The number of halogens is 1. The van der Waals surface area contributed by atoms with Crippen molar-refractivity contribution in [2.75, 3.05) is 29.9 Å². The maximum absolute atomic E-state index is 4.59. The van der Waals surface area contributed by atoms with E-state index in [1.165, 1.54) is 55.7 Å². The van der Waals surface area contributed by atoms with E-state index < -0.39 is 0 Å². The molecule has 0 radical (unpaired) electrons. The lowest BCUT2D eigenvalue weighted by Gasteiger charge is -2.39. The van der Waals surface area contributed by atoms with Crippen molar-refractivity contribution in [2.24, 2.45) is 0 Å². The first-order valence-electron chi connectivity index (χ1n) is 9.78. The highest BCUT2D eigenvalue weighted by Gasteiger charge is 2.27. The minimum absolute atomic E-state index is 0.496. The molecule has 1 saturated carbocycles. The molecule has 0 unspecified atom stereocenters. The first kappa shape index (κ1) is 17.8. The Morgan fingerprint density at radius 1 is 1.11 bits per heavy atom. The van der Waals surface area contributed by atoms with E-state index in [2.05, 4.69) is 71.1 Å². The summed E-state index contributed by atoms with van der Waals surface area (Å²) in [6, 6.07) is 7.56. The van der Waals surface area contributed by atoms with Gasteiger partial charge in [0, 0.05) is 52.1 Å². The number of fused-ring (bicyclic) bond motifs is 3. The number of hydrogen-bond donors (Lipinski definition) is 2. The highest BCUT2D eigenvalue weighted by Crippen LogP contribution is 2.33. The largest absolute Gasteiger partial charge is 0.367 e. The van der Waals surface area contributed by atoms with Crippen LogP contribution in [0, 0.1) is 0 Å². The van der Waals surface area contributed by atoms with Crippen molar-refractivity contribution < 1.29 is 0 Å². The zero-order chi connectivity index (χ0) is 18.2. The van der Waals surface area contributed by atoms with Gasteiger partial charge >= 0.3 is 0 Å². The van der Waals surface area contributed by atoms with E-state index in [4.69, 9.17) is 0 Å². The molecule has 5 rings (SSSR count). The van der Waals surface area contributed by atoms with Crippen LogP contribution in [0.15, 0.2) is 29.0 Å². The summed E-state index contributed by atoms with van der Waals surface area (Å²) in [5.74, 6) is 3.56.